The van der Waals surface area contributed by atoms with Crippen LogP contribution in [0.5, 0.6) is 0 Å². The van der Waals surface area contributed by atoms with Gasteiger partial charge in [-0.2, -0.15) is 34.0 Å². The number of nitrogens with zero attached hydrogens (tertiary/aromatic N) is 6. The number of aromatic nitrogens is 6. The van der Waals surface area contributed by atoms with Crippen molar-refractivity contribution in [3.8, 4) is 67.5 Å². The van der Waals surface area contributed by atoms with E-state index in [2.05, 4.69) is 274 Å². The molecule has 0 amide bonds. The smallest absolute Gasteiger partial charge is 0.0794 e. The van der Waals surface area contributed by atoms with Crippen molar-refractivity contribution in [2.75, 3.05) is 0 Å². The van der Waals surface area contributed by atoms with Crippen molar-refractivity contribution in [2.45, 2.75) is 174 Å². The van der Waals surface area contributed by atoms with Crippen LogP contribution in [-0.2, 0) is 60.3 Å². The van der Waals surface area contributed by atoms with Gasteiger partial charge in [0, 0.05) is 112 Å². The van der Waals surface area contributed by atoms with Crippen molar-refractivity contribution < 1.29 is 60.3 Å². The molecule has 0 unspecified atom stereocenters. The Hall–Kier alpha value is -8.86. The molecule has 21 rings (SSSR count). The second-order valence-corrected chi connectivity index (χ2v) is 54.6. The van der Waals surface area contributed by atoms with E-state index in [9.17, 15) is 0 Å². The maximum Gasteiger partial charge on any atom is 0.0794 e. The molecule has 9 aromatic heterocycles. The van der Waals surface area contributed by atoms with Crippen LogP contribution in [0.3, 0.4) is 0 Å². The zero-order valence-corrected chi connectivity index (χ0v) is 86.7. The summed E-state index contributed by atoms with van der Waals surface area (Å²) in [5, 5.41) is 12.8. The minimum atomic E-state index is -1.40. The van der Waals surface area contributed by atoms with Crippen LogP contribution in [0.4, 0.5) is 0 Å². The maximum absolute atomic E-state index is 4.87. The van der Waals surface area contributed by atoms with Gasteiger partial charge in [0.2, 0.25) is 0 Å². The van der Waals surface area contributed by atoms with Crippen molar-refractivity contribution in [3.05, 3.63) is 344 Å². The number of rotatable bonds is 12. The topological polar surface area (TPSA) is 77.3 Å². The summed E-state index contributed by atoms with van der Waals surface area (Å²) in [6.07, 6.45) is 28.0. The average Bonchev–Trinajstić information content (AvgIpc) is 1.60. The number of hydrogen-bond acceptors (Lipinski definition) is 9. The molecule has 0 bridgehead atoms. The van der Waals surface area contributed by atoms with Gasteiger partial charge in [-0.1, -0.05) is 239 Å². The first kappa shape index (κ1) is 94.7. The summed E-state index contributed by atoms with van der Waals surface area (Å²) in [7, 11) is -4.03. The SMILES string of the molecule is C[Si](C)(C)c1ccc2c(c1)sc1c(-c3ccc(C4CCCC4)cn3)[c-]ccc12.C[Si](C)(C)c1ccc2sc3c(-c4ccc(C5CCCC5)cn4)[c-]ccc3c2c1.C[Si](C)(C)c1cccc2c1sc1c(-c3ccc(C4CCCC4)cn3)[c-]ccc12.Cc1ccc(-c2[c-]cccc2)nc1.Cc1ccc(-c2[c-]cccc2)nc1.Cc1ccc(-c2[c-]cccc2)nc1.[Ir].[Ir].[Ir]. The zero-order valence-electron chi connectivity index (χ0n) is 74.1. The van der Waals surface area contributed by atoms with Gasteiger partial charge >= 0.3 is 0 Å². The van der Waals surface area contributed by atoms with Gasteiger partial charge in [-0.15, -0.1) is 179 Å². The van der Waals surface area contributed by atoms with Crippen LogP contribution in [0, 0.1) is 57.2 Å². The van der Waals surface area contributed by atoms with Gasteiger partial charge in [-0.25, -0.2) is 0 Å². The minimum Gasteiger partial charge on any atom is -0.304 e. The third-order valence-corrected chi connectivity index (χ3v) is 34.1. The molecule has 3 aliphatic carbocycles. The minimum absolute atomic E-state index is 0. The molecule has 0 spiro atoms. The Morgan fingerprint density at radius 3 is 0.976 bits per heavy atom. The summed E-state index contributed by atoms with van der Waals surface area (Å²) in [6.45, 7) is 27.9. The van der Waals surface area contributed by atoms with E-state index < -0.39 is 24.2 Å². The van der Waals surface area contributed by atoms with Crippen molar-refractivity contribution in [1.82, 2.24) is 29.9 Å². The Labute approximate surface area is 802 Å². The second kappa shape index (κ2) is 43.0. The normalized spacial score (nSPS) is 13.5. The van der Waals surface area contributed by atoms with E-state index in [0.29, 0.717) is 17.8 Å². The van der Waals surface area contributed by atoms with Gasteiger partial charge in [0.1, 0.15) is 0 Å². The maximum atomic E-state index is 4.87. The molecule has 126 heavy (non-hydrogen) atoms. The summed E-state index contributed by atoms with van der Waals surface area (Å²) in [6, 6.07) is 103. The molecule has 3 saturated carbocycles. The van der Waals surface area contributed by atoms with Gasteiger partial charge in [-0.3, -0.25) is 0 Å². The molecular formula is C111H108Ir3N6S3Si3-6. The summed E-state index contributed by atoms with van der Waals surface area (Å²) in [4.78, 5) is 27.5. The van der Waals surface area contributed by atoms with Crippen LogP contribution in [-0.4, -0.2) is 54.1 Å². The van der Waals surface area contributed by atoms with E-state index in [0.717, 1.165) is 67.5 Å². The van der Waals surface area contributed by atoms with Crippen molar-refractivity contribution >= 4 is 134 Å². The van der Waals surface area contributed by atoms with E-state index in [1.54, 1.807) is 5.19 Å². The van der Waals surface area contributed by atoms with Crippen LogP contribution >= 0.6 is 34.0 Å². The fourth-order valence-electron chi connectivity index (χ4n) is 17.0. The molecule has 3 aliphatic rings. The molecular weight excluding hydrogens is 2170 g/mol. The van der Waals surface area contributed by atoms with Crippen molar-refractivity contribution in [1.29, 1.82) is 0 Å². The molecule has 0 aliphatic heterocycles. The number of pyridine rings is 6. The standard InChI is InChI=1S/3C25H26NSSi.3C12H10N.3Ir/c1-28(2,3)23-13-7-11-20-19-10-6-12-21(24(19)27-25(20)23)22-15-14-18(16-26-22)17-8-4-5-9-17;1-28(2,3)19-12-13-20-21-9-6-10-22(25(21)27-24(20)15-19)23-14-11-18(16-26-23)17-7-4-5-8-17;1-28(2,3)19-12-14-24-22(15-19)20-9-6-10-21(25(20)27-24)23-13-11-18(16-26-23)17-7-4-5-8-17;3*1-10-7-8-12(13-9-10)11-5-3-2-4-6-11;;;/h6-7,10-11,13-17H,4-5,8-9H2,1-3H3;2*6,9,11-17H,4-5,7-8H2,1-3H3;3*2-5,7-9H,1H3;;;/q6*-1;;;. The van der Waals surface area contributed by atoms with Crippen LogP contribution in [0.1, 0.15) is 128 Å². The molecule has 18 aromatic rings. The predicted molar refractivity (Wildman–Crippen MR) is 536 cm³/mol. The van der Waals surface area contributed by atoms with E-state index in [1.807, 2.05) is 164 Å². The molecule has 645 valence electrons. The van der Waals surface area contributed by atoms with Crippen LogP contribution in [0.15, 0.2) is 274 Å². The first-order chi connectivity index (χ1) is 59.6. The van der Waals surface area contributed by atoms with E-state index in [4.69, 9.17) is 15.0 Å². The Bertz CT molecular complexity index is 6300. The van der Waals surface area contributed by atoms with E-state index in [-0.39, 0.29) is 60.3 Å². The Morgan fingerprint density at radius 1 is 0.270 bits per heavy atom. The first-order valence-corrected chi connectivity index (χ1v) is 56.8. The monoisotopic (exact) mass is 2280 g/mol. The third-order valence-electron chi connectivity index (χ3n) is 24.2. The summed E-state index contributed by atoms with van der Waals surface area (Å²) < 4.78 is 8.15. The largest absolute Gasteiger partial charge is 0.304 e. The van der Waals surface area contributed by atoms with Crippen molar-refractivity contribution in [3.63, 3.8) is 0 Å². The molecule has 15 heteroatoms. The summed E-state index contributed by atoms with van der Waals surface area (Å²) in [5.41, 5.74) is 20.4. The number of aryl methyl sites for hydroxylation is 3. The first-order valence-electron chi connectivity index (χ1n) is 43.8. The summed E-state index contributed by atoms with van der Waals surface area (Å²) >= 11 is 5.70. The fraction of sp³-hybridized carbons (Fsp3) is 0.243. The Morgan fingerprint density at radius 2 is 0.619 bits per heavy atom. The molecule has 3 radical (unpaired) electrons. The molecule has 0 N–H and O–H groups in total. The van der Waals surface area contributed by atoms with Gasteiger partial charge in [0.15, 0.2) is 0 Å². The second-order valence-electron chi connectivity index (χ2n) is 36.3. The van der Waals surface area contributed by atoms with Gasteiger partial charge in [0.05, 0.1) is 24.2 Å². The van der Waals surface area contributed by atoms with Crippen LogP contribution in [0.25, 0.3) is 128 Å². The van der Waals surface area contributed by atoms with Gasteiger partial charge < -0.3 is 29.9 Å². The van der Waals surface area contributed by atoms with E-state index >= 15 is 0 Å². The van der Waals surface area contributed by atoms with Crippen molar-refractivity contribution in [2.24, 2.45) is 0 Å². The molecule has 0 atom stereocenters. The van der Waals surface area contributed by atoms with Crippen LogP contribution in [0.2, 0.25) is 58.9 Å². The number of benzene rings is 9. The number of hydrogen-bond donors (Lipinski definition) is 0. The molecule has 3 fully saturated rings. The third kappa shape index (κ3) is 22.9. The molecule has 9 aromatic carbocycles. The quantitative estimate of drug-likeness (QED) is 0.0896. The zero-order chi connectivity index (χ0) is 85.2. The molecule has 9 heterocycles. The predicted octanol–water partition coefficient (Wildman–Crippen LogP) is 29.9. The Kier molecular flexibility index (Phi) is 32.4. The molecule has 0 saturated heterocycles. The summed E-state index contributed by atoms with van der Waals surface area (Å²) in [5.74, 6) is 2.14. The number of fused-ring (bicyclic) bond motifs is 9. The Balaban J connectivity index is 0.000000133. The molecule has 6 nitrogen and oxygen atoms in total. The van der Waals surface area contributed by atoms with E-state index in [1.165, 1.54) is 181 Å². The van der Waals surface area contributed by atoms with Gasteiger partial charge in [-0.05, 0) is 192 Å². The van der Waals surface area contributed by atoms with Gasteiger partial charge in [0.25, 0.3) is 0 Å². The number of thiophene rings is 3. The fourth-order valence-corrected chi connectivity index (χ4v) is 25.6. The average molecular weight is 2280 g/mol. The van der Waals surface area contributed by atoms with Crippen LogP contribution < -0.4 is 15.6 Å².